The first-order valence-corrected chi connectivity index (χ1v) is 9.72. The van der Waals surface area contributed by atoms with Crippen molar-refractivity contribution < 1.29 is 17.9 Å². The largest absolute Gasteiger partial charge is 0.367 e. The van der Waals surface area contributed by atoms with Gasteiger partial charge < -0.3 is 10.1 Å². The predicted octanol–water partition coefficient (Wildman–Crippen LogP) is 2.42. The SMILES string of the molecule is CN(C)S(=O)(=O)c1ccc(CNC(=O)COCc2ccccc2Cl)cc1. The molecule has 140 valence electrons. The number of ether oxygens (including phenoxy) is 1. The third-order valence-corrected chi connectivity index (χ3v) is 5.84. The number of halogens is 1. The van der Waals surface area contributed by atoms with Crippen molar-refractivity contribution in [3.8, 4) is 0 Å². The van der Waals surface area contributed by atoms with Gasteiger partial charge in [0.2, 0.25) is 15.9 Å². The van der Waals surface area contributed by atoms with Crippen molar-refractivity contribution in [2.24, 2.45) is 0 Å². The van der Waals surface area contributed by atoms with Crippen molar-refractivity contribution in [3.63, 3.8) is 0 Å². The highest BCUT2D eigenvalue weighted by Crippen LogP contribution is 2.16. The third-order valence-electron chi connectivity index (χ3n) is 3.64. The molecule has 0 atom stereocenters. The molecule has 2 rings (SSSR count). The summed E-state index contributed by atoms with van der Waals surface area (Å²) in [5.41, 5.74) is 1.61. The van der Waals surface area contributed by atoms with E-state index < -0.39 is 10.0 Å². The quantitative estimate of drug-likeness (QED) is 0.743. The van der Waals surface area contributed by atoms with Crippen LogP contribution >= 0.6 is 11.6 Å². The Morgan fingerprint density at radius 3 is 2.38 bits per heavy atom. The minimum atomic E-state index is -3.45. The Morgan fingerprint density at radius 1 is 1.12 bits per heavy atom. The van der Waals surface area contributed by atoms with E-state index in [0.717, 1.165) is 15.4 Å². The van der Waals surface area contributed by atoms with E-state index in [1.165, 1.54) is 26.2 Å². The second-order valence-corrected chi connectivity index (χ2v) is 8.35. The average molecular weight is 397 g/mol. The molecule has 8 heteroatoms. The van der Waals surface area contributed by atoms with Gasteiger partial charge in [-0.15, -0.1) is 0 Å². The van der Waals surface area contributed by atoms with Crippen LogP contribution in [0, 0.1) is 0 Å². The van der Waals surface area contributed by atoms with Crippen molar-refractivity contribution in [1.29, 1.82) is 0 Å². The Labute approximate surface area is 158 Å². The first-order chi connectivity index (χ1) is 12.3. The lowest BCUT2D eigenvalue weighted by molar-refractivity contribution is -0.126. The van der Waals surface area contributed by atoms with Crippen LogP contribution in [-0.2, 0) is 32.7 Å². The highest BCUT2D eigenvalue weighted by Gasteiger charge is 2.16. The molecule has 0 aliphatic heterocycles. The van der Waals surface area contributed by atoms with Gasteiger partial charge in [0, 0.05) is 25.7 Å². The lowest BCUT2D eigenvalue weighted by Crippen LogP contribution is -2.27. The zero-order valence-corrected chi connectivity index (χ0v) is 16.2. The van der Waals surface area contributed by atoms with Crippen LogP contribution in [0.15, 0.2) is 53.4 Å². The maximum atomic E-state index is 12.0. The predicted molar refractivity (Wildman–Crippen MR) is 100 cm³/mol. The smallest absolute Gasteiger partial charge is 0.246 e. The topological polar surface area (TPSA) is 75.7 Å². The van der Waals surface area contributed by atoms with E-state index in [1.807, 2.05) is 18.2 Å². The van der Waals surface area contributed by atoms with Crippen LogP contribution in [0.5, 0.6) is 0 Å². The zero-order chi connectivity index (χ0) is 19.2. The minimum Gasteiger partial charge on any atom is -0.367 e. The number of carbonyl (C=O) groups excluding carboxylic acids is 1. The lowest BCUT2D eigenvalue weighted by atomic mass is 10.2. The molecular weight excluding hydrogens is 376 g/mol. The summed E-state index contributed by atoms with van der Waals surface area (Å²) in [4.78, 5) is 12.0. The van der Waals surface area contributed by atoms with Gasteiger partial charge in [0.25, 0.3) is 0 Å². The van der Waals surface area contributed by atoms with Crippen LogP contribution in [0.25, 0.3) is 0 Å². The summed E-state index contributed by atoms with van der Waals surface area (Å²) >= 11 is 6.02. The standard InChI is InChI=1S/C18H21ClN2O4S/c1-21(2)26(23,24)16-9-7-14(8-10-16)11-20-18(22)13-25-12-15-5-3-4-6-17(15)19/h3-10H,11-13H2,1-2H3,(H,20,22). The monoisotopic (exact) mass is 396 g/mol. The van der Waals surface area contributed by atoms with Gasteiger partial charge in [-0.25, -0.2) is 12.7 Å². The van der Waals surface area contributed by atoms with Gasteiger partial charge in [-0.05, 0) is 29.3 Å². The van der Waals surface area contributed by atoms with E-state index in [4.69, 9.17) is 16.3 Å². The summed E-state index contributed by atoms with van der Waals surface area (Å²) in [5, 5.41) is 3.32. The second-order valence-electron chi connectivity index (χ2n) is 5.79. The zero-order valence-electron chi connectivity index (χ0n) is 14.6. The minimum absolute atomic E-state index is 0.0850. The van der Waals surface area contributed by atoms with Crippen LogP contribution in [-0.4, -0.2) is 39.3 Å². The Kier molecular flexibility index (Phi) is 7.16. The Balaban J connectivity index is 1.79. The molecule has 26 heavy (non-hydrogen) atoms. The molecule has 0 heterocycles. The number of nitrogens with zero attached hydrogens (tertiary/aromatic N) is 1. The van der Waals surface area contributed by atoms with Crippen LogP contribution in [0.3, 0.4) is 0 Å². The Bertz CT molecular complexity index is 852. The first kappa shape index (κ1) is 20.4. The number of carbonyl (C=O) groups is 1. The van der Waals surface area contributed by atoms with E-state index in [0.29, 0.717) is 5.02 Å². The molecule has 6 nitrogen and oxygen atoms in total. The highest BCUT2D eigenvalue weighted by atomic mass is 35.5. The maximum absolute atomic E-state index is 12.0. The molecule has 0 aliphatic rings. The molecule has 0 radical (unpaired) electrons. The number of rotatable bonds is 8. The average Bonchev–Trinajstić information content (AvgIpc) is 2.62. The molecule has 0 unspecified atom stereocenters. The van der Waals surface area contributed by atoms with E-state index in [9.17, 15) is 13.2 Å². The normalized spacial score (nSPS) is 11.5. The summed E-state index contributed by atoms with van der Waals surface area (Å²) < 4.78 is 30.5. The van der Waals surface area contributed by atoms with Crippen LogP contribution in [0.2, 0.25) is 5.02 Å². The van der Waals surface area contributed by atoms with Crippen molar-refractivity contribution in [2.75, 3.05) is 20.7 Å². The number of nitrogens with one attached hydrogen (secondary N) is 1. The van der Waals surface area contributed by atoms with Gasteiger partial charge in [-0.3, -0.25) is 4.79 Å². The van der Waals surface area contributed by atoms with E-state index in [-0.39, 0.29) is 30.6 Å². The van der Waals surface area contributed by atoms with Gasteiger partial charge in [0.15, 0.2) is 0 Å². The Hall–Kier alpha value is -1.93. The summed E-state index contributed by atoms with van der Waals surface area (Å²) in [7, 11) is -0.495. The summed E-state index contributed by atoms with van der Waals surface area (Å²) in [5.74, 6) is -0.262. The van der Waals surface area contributed by atoms with Crippen LogP contribution < -0.4 is 5.32 Å². The molecule has 0 aromatic heterocycles. The molecule has 0 bridgehead atoms. The van der Waals surface area contributed by atoms with Gasteiger partial charge in [-0.1, -0.05) is 41.9 Å². The fraction of sp³-hybridized carbons (Fsp3) is 0.278. The van der Waals surface area contributed by atoms with Gasteiger partial charge in [0.1, 0.15) is 6.61 Å². The molecule has 0 aliphatic carbocycles. The van der Waals surface area contributed by atoms with Gasteiger partial charge in [0.05, 0.1) is 11.5 Å². The molecule has 1 N–H and O–H groups in total. The lowest BCUT2D eigenvalue weighted by Gasteiger charge is -2.12. The van der Waals surface area contributed by atoms with Gasteiger partial charge >= 0.3 is 0 Å². The summed E-state index contributed by atoms with van der Waals surface area (Å²) in [6.45, 7) is 0.457. The van der Waals surface area contributed by atoms with Crippen LogP contribution in [0.4, 0.5) is 0 Å². The number of hydrogen-bond acceptors (Lipinski definition) is 4. The van der Waals surface area contributed by atoms with Crippen molar-refractivity contribution in [3.05, 3.63) is 64.7 Å². The fourth-order valence-corrected chi connectivity index (χ4v) is 3.20. The first-order valence-electron chi connectivity index (χ1n) is 7.90. The molecule has 2 aromatic carbocycles. The van der Waals surface area contributed by atoms with Crippen LogP contribution in [0.1, 0.15) is 11.1 Å². The number of benzene rings is 2. The Morgan fingerprint density at radius 2 is 1.77 bits per heavy atom. The number of amides is 1. The van der Waals surface area contributed by atoms with Crippen molar-refractivity contribution >= 4 is 27.5 Å². The van der Waals surface area contributed by atoms with E-state index in [1.54, 1.807) is 18.2 Å². The fourth-order valence-electron chi connectivity index (χ4n) is 2.11. The van der Waals surface area contributed by atoms with Crippen molar-refractivity contribution in [1.82, 2.24) is 9.62 Å². The van der Waals surface area contributed by atoms with E-state index in [2.05, 4.69) is 5.32 Å². The molecule has 1 amide bonds. The number of sulfonamides is 1. The number of hydrogen-bond donors (Lipinski definition) is 1. The van der Waals surface area contributed by atoms with E-state index >= 15 is 0 Å². The summed E-state index contributed by atoms with van der Waals surface area (Å²) in [6.07, 6.45) is 0. The maximum Gasteiger partial charge on any atom is 0.246 e. The molecule has 0 saturated heterocycles. The summed E-state index contributed by atoms with van der Waals surface area (Å²) in [6, 6.07) is 13.7. The third kappa shape index (κ3) is 5.54. The van der Waals surface area contributed by atoms with Gasteiger partial charge in [-0.2, -0.15) is 0 Å². The molecule has 0 spiro atoms. The second kappa shape index (κ2) is 9.14. The molecular formula is C18H21ClN2O4S. The molecule has 2 aromatic rings. The molecule has 0 saturated carbocycles. The highest BCUT2D eigenvalue weighted by molar-refractivity contribution is 7.89. The van der Waals surface area contributed by atoms with Crippen molar-refractivity contribution in [2.45, 2.75) is 18.0 Å². The molecule has 0 fully saturated rings.